The van der Waals surface area contributed by atoms with Gasteiger partial charge in [-0.15, -0.1) is 11.8 Å². The van der Waals surface area contributed by atoms with Crippen LogP contribution in [0.5, 0.6) is 5.75 Å². The molecule has 2 N–H and O–H groups in total. The number of carbonyl (C=O) groups is 2. The number of carboxylic acid groups (broad SMARTS) is 1. The van der Waals surface area contributed by atoms with Crippen molar-refractivity contribution in [1.29, 1.82) is 0 Å². The number of aliphatic hydroxyl groups excluding tert-OH is 1. The first kappa shape index (κ1) is 26.8. The topological polar surface area (TPSA) is 93.1 Å². The number of rotatable bonds is 9. The van der Waals surface area contributed by atoms with Crippen LogP contribution in [0.15, 0.2) is 30.4 Å². The van der Waals surface area contributed by atoms with Crippen molar-refractivity contribution in [3.05, 3.63) is 41.5 Å². The first-order valence-corrected chi connectivity index (χ1v) is 12.5. The van der Waals surface area contributed by atoms with E-state index in [4.69, 9.17) is 14.6 Å². The first-order chi connectivity index (χ1) is 16.5. The van der Waals surface area contributed by atoms with Crippen molar-refractivity contribution in [2.75, 3.05) is 0 Å². The monoisotopic (exact) mass is 482 g/mol. The molecule has 0 saturated heterocycles. The van der Waals surface area contributed by atoms with Crippen molar-refractivity contribution >= 4 is 11.9 Å². The van der Waals surface area contributed by atoms with Crippen molar-refractivity contribution in [2.24, 2.45) is 17.3 Å². The average Bonchev–Trinajstić information content (AvgIpc) is 3.31. The molecule has 6 heteroatoms. The maximum atomic E-state index is 12.7. The van der Waals surface area contributed by atoms with Gasteiger partial charge in [-0.1, -0.05) is 37.3 Å². The Morgan fingerprint density at radius 2 is 2.06 bits per heavy atom. The number of esters is 1. The van der Waals surface area contributed by atoms with E-state index < -0.39 is 17.5 Å². The number of hydrogen-bond acceptors (Lipinski definition) is 5. The third-order valence-corrected chi connectivity index (χ3v) is 6.89. The lowest BCUT2D eigenvalue weighted by molar-refractivity contribution is -0.159. The second kappa shape index (κ2) is 11.3. The highest BCUT2D eigenvalue weighted by Gasteiger charge is 2.51. The van der Waals surface area contributed by atoms with E-state index in [1.54, 1.807) is 6.92 Å². The maximum absolute atomic E-state index is 12.7. The van der Waals surface area contributed by atoms with Gasteiger partial charge >= 0.3 is 11.9 Å². The second-order valence-corrected chi connectivity index (χ2v) is 10.8. The minimum absolute atomic E-state index is 0.00335. The van der Waals surface area contributed by atoms with E-state index in [0.29, 0.717) is 25.7 Å². The molecule has 0 aromatic heterocycles. The third kappa shape index (κ3) is 6.46. The van der Waals surface area contributed by atoms with Crippen LogP contribution in [0.2, 0.25) is 0 Å². The van der Waals surface area contributed by atoms with Crippen molar-refractivity contribution < 1.29 is 29.3 Å². The fourth-order valence-electron chi connectivity index (χ4n) is 4.83. The van der Waals surface area contributed by atoms with E-state index in [2.05, 4.69) is 11.8 Å². The minimum Gasteiger partial charge on any atom is -0.489 e. The summed E-state index contributed by atoms with van der Waals surface area (Å²) in [5.74, 6) is 5.51. The zero-order valence-electron chi connectivity index (χ0n) is 21.4. The van der Waals surface area contributed by atoms with Gasteiger partial charge in [-0.2, -0.15) is 0 Å². The summed E-state index contributed by atoms with van der Waals surface area (Å²) in [6.45, 7) is 9.27. The van der Waals surface area contributed by atoms with E-state index in [1.807, 2.05) is 58.0 Å². The lowest BCUT2D eigenvalue weighted by Gasteiger charge is -2.26. The average molecular weight is 483 g/mol. The Balaban J connectivity index is 1.87. The van der Waals surface area contributed by atoms with E-state index in [0.717, 1.165) is 16.9 Å². The van der Waals surface area contributed by atoms with Crippen molar-refractivity contribution in [3.8, 4) is 17.6 Å². The number of aryl methyl sites for hydroxylation is 1. The van der Waals surface area contributed by atoms with Crippen molar-refractivity contribution in [1.82, 2.24) is 0 Å². The highest BCUT2D eigenvalue weighted by Crippen LogP contribution is 2.53. The number of para-hydroxylation sites is 1. The molecule has 0 amide bonds. The first-order valence-electron chi connectivity index (χ1n) is 12.5. The quantitative estimate of drug-likeness (QED) is 0.296. The molecule has 6 atom stereocenters. The lowest BCUT2D eigenvalue weighted by Crippen LogP contribution is -2.31. The van der Waals surface area contributed by atoms with Crippen LogP contribution < -0.4 is 4.74 Å². The molecule has 1 fully saturated rings. The van der Waals surface area contributed by atoms with Crippen LogP contribution in [-0.2, 0) is 20.7 Å². The number of carbonyl (C=O) groups excluding carboxylic acids is 1. The summed E-state index contributed by atoms with van der Waals surface area (Å²) < 4.78 is 12.4. The van der Waals surface area contributed by atoms with Crippen LogP contribution in [0.3, 0.4) is 0 Å². The van der Waals surface area contributed by atoms with Crippen molar-refractivity contribution in [2.45, 2.75) is 91.0 Å². The molecule has 1 saturated carbocycles. The summed E-state index contributed by atoms with van der Waals surface area (Å²) in [7, 11) is 0. The van der Waals surface area contributed by atoms with Gasteiger partial charge in [0.25, 0.3) is 0 Å². The molecule has 6 nitrogen and oxygen atoms in total. The van der Waals surface area contributed by atoms with Gasteiger partial charge in [0, 0.05) is 36.7 Å². The normalized spacial score (nSPS) is 24.6. The Bertz CT molecular complexity index is 1010. The van der Waals surface area contributed by atoms with Crippen LogP contribution in [-0.4, -0.2) is 40.5 Å². The zero-order chi connectivity index (χ0) is 25.8. The molecule has 1 aromatic carbocycles. The SMILES string of the molecule is CC#CC[C@H](C)[C@H](O)/C=C/[C@@H]1[C@H]2c3cccc(CCCC(=O)O)c3O[C@H]2C[C@H]1OC(=O)C(C)(C)C. The van der Waals surface area contributed by atoms with Gasteiger partial charge in [0.05, 0.1) is 11.5 Å². The molecule has 1 aliphatic heterocycles. The molecular weight excluding hydrogens is 444 g/mol. The van der Waals surface area contributed by atoms with E-state index >= 15 is 0 Å². The summed E-state index contributed by atoms with van der Waals surface area (Å²) >= 11 is 0. The van der Waals surface area contributed by atoms with Gasteiger partial charge in [-0.25, -0.2) is 0 Å². The second-order valence-electron chi connectivity index (χ2n) is 10.8. The summed E-state index contributed by atoms with van der Waals surface area (Å²) in [5, 5.41) is 19.7. The number of fused-ring (bicyclic) bond motifs is 3. The molecule has 0 unspecified atom stereocenters. The highest BCUT2D eigenvalue weighted by atomic mass is 16.6. The number of carboxylic acids is 1. The molecule has 2 aliphatic rings. The molecule has 1 aromatic rings. The van der Waals surface area contributed by atoms with Gasteiger partial charge < -0.3 is 19.7 Å². The fraction of sp³-hybridized carbons (Fsp3) is 0.586. The predicted molar refractivity (Wildman–Crippen MR) is 134 cm³/mol. The molecule has 3 rings (SSSR count). The van der Waals surface area contributed by atoms with Crippen LogP contribution in [0.4, 0.5) is 0 Å². The van der Waals surface area contributed by atoms with Crippen molar-refractivity contribution in [3.63, 3.8) is 0 Å². The zero-order valence-corrected chi connectivity index (χ0v) is 21.4. The maximum Gasteiger partial charge on any atom is 0.311 e. The number of hydrogen-bond donors (Lipinski definition) is 2. The predicted octanol–water partition coefficient (Wildman–Crippen LogP) is 4.88. The largest absolute Gasteiger partial charge is 0.489 e. The van der Waals surface area contributed by atoms with E-state index in [1.165, 1.54) is 0 Å². The van der Waals surface area contributed by atoms with Crippen LogP contribution >= 0.6 is 0 Å². The molecule has 1 heterocycles. The van der Waals surface area contributed by atoms with Gasteiger partial charge in [-0.05, 0) is 52.0 Å². The van der Waals surface area contributed by atoms with Gasteiger partial charge in [0.2, 0.25) is 0 Å². The lowest BCUT2D eigenvalue weighted by atomic mass is 9.85. The van der Waals surface area contributed by atoms with Crippen LogP contribution in [0.25, 0.3) is 0 Å². The Morgan fingerprint density at radius 1 is 1.31 bits per heavy atom. The van der Waals surface area contributed by atoms with E-state index in [9.17, 15) is 14.7 Å². The Labute approximate surface area is 208 Å². The molecule has 1 aliphatic carbocycles. The summed E-state index contributed by atoms with van der Waals surface area (Å²) in [6.07, 6.45) is 5.11. The molecule has 0 spiro atoms. The number of aliphatic carboxylic acids is 1. The Kier molecular flexibility index (Phi) is 8.66. The van der Waals surface area contributed by atoms with Gasteiger partial charge in [0.1, 0.15) is 18.0 Å². The van der Waals surface area contributed by atoms with Gasteiger partial charge in [0.15, 0.2) is 0 Å². The number of benzene rings is 1. The standard InChI is InChI=1S/C29H38O6/c1-6-7-10-18(2)22(30)16-15-20-23(35-28(33)29(3,4)5)17-24-26(20)21-13-8-11-19(27(21)34-24)12-9-14-25(31)32/h8,11,13,15-16,18,20,22-24,26,30H,9-10,12,14,17H2,1-5H3,(H,31,32)/b16-15+/t18-,20-,22+,23+,24-,26-/m0/s1. The smallest absolute Gasteiger partial charge is 0.311 e. The highest BCUT2D eigenvalue weighted by molar-refractivity contribution is 5.75. The summed E-state index contributed by atoms with van der Waals surface area (Å²) in [5.41, 5.74) is 1.46. The summed E-state index contributed by atoms with van der Waals surface area (Å²) in [6, 6.07) is 6.02. The third-order valence-electron chi connectivity index (χ3n) is 6.89. The summed E-state index contributed by atoms with van der Waals surface area (Å²) in [4.78, 5) is 23.7. The Morgan fingerprint density at radius 3 is 2.71 bits per heavy atom. The molecule has 190 valence electrons. The molecule has 0 bridgehead atoms. The molecule has 0 radical (unpaired) electrons. The van der Waals surface area contributed by atoms with Crippen LogP contribution in [0, 0.1) is 29.1 Å². The Hall–Kier alpha value is -2.78. The number of ether oxygens (including phenoxy) is 2. The van der Waals surface area contributed by atoms with Crippen LogP contribution in [0.1, 0.15) is 77.3 Å². The van der Waals surface area contributed by atoms with E-state index in [-0.39, 0.29) is 42.4 Å². The molecule has 35 heavy (non-hydrogen) atoms. The minimum atomic E-state index is -0.804. The number of aliphatic hydroxyl groups is 1. The van der Waals surface area contributed by atoms with Gasteiger partial charge in [-0.3, -0.25) is 9.59 Å². The fourth-order valence-corrected chi connectivity index (χ4v) is 4.83. The molecular formula is C29H38O6.